The van der Waals surface area contributed by atoms with Gasteiger partial charge in [-0.05, 0) is 20.8 Å². The molecule has 1 heterocycles. The molecule has 0 saturated heterocycles. The van der Waals surface area contributed by atoms with Crippen LogP contribution in [0.15, 0.2) is 9.98 Å². The Hall–Kier alpha value is -0.900. The van der Waals surface area contributed by atoms with E-state index in [0.29, 0.717) is 5.96 Å². The number of hydrogen-bond donors (Lipinski definition) is 2. The van der Waals surface area contributed by atoms with E-state index in [1.807, 2.05) is 0 Å². The van der Waals surface area contributed by atoms with Crippen LogP contribution in [-0.2, 0) is 0 Å². The van der Waals surface area contributed by atoms with Crippen LogP contribution in [-0.4, -0.2) is 23.9 Å². The number of nitrogens with zero attached hydrogens (tertiary/aromatic N) is 2. The molecule has 68 valence electrons. The summed E-state index contributed by atoms with van der Waals surface area (Å²) in [6, 6.07) is 0. The van der Waals surface area contributed by atoms with Crippen molar-refractivity contribution in [1.82, 2.24) is 5.32 Å². The maximum absolute atomic E-state index is 5.46. The van der Waals surface area contributed by atoms with E-state index in [-0.39, 0.29) is 11.7 Å². The zero-order valence-corrected chi connectivity index (χ0v) is 7.83. The van der Waals surface area contributed by atoms with Gasteiger partial charge in [0.15, 0.2) is 0 Å². The topological polar surface area (TPSA) is 62.8 Å². The zero-order chi connectivity index (χ0) is 9.19. The third-order valence-corrected chi connectivity index (χ3v) is 1.44. The van der Waals surface area contributed by atoms with Gasteiger partial charge in [0.2, 0.25) is 5.96 Å². The van der Waals surface area contributed by atoms with E-state index in [0.717, 1.165) is 6.42 Å². The van der Waals surface area contributed by atoms with Crippen LogP contribution in [0.1, 0.15) is 27.2 Å². The van der Waals surface area contributed by atoms with Crippen molar-refractivity contribution in [3.63, 3.8) is 0 Å². The van der Waals surface area contributed by atoms with Gasteiger partial charge in [0.05, 0.1) is 0 Å². The van der Waals surface area contributed by atoms with Crippen molar-refractivity contribution in [2.45, 2.75) is 38.9 Å². The van der Waals surface area contributed by atoms with Crippen molar-refractivity contribution >= 4 is 12.2 Å². The lowest BCUT2D eigenvalue weighted by molar-refractivity contribution is 0.369. The highest BCUT2D eigenvalue weighted by Crippen LogP contribution is 2.06. The average Bonchev–Trinajstić information content (AvgIpc) is 1.82. The number of aliphatic imine (C=N–C) groups is 2. The summed E-state index contributed by atoms with van der Waals surface area (Å²) in [5, 5.41) is 3.33. The van der Waals surface area contributed by atoms with Gasteiger partial charge in [-0.15, -0.1) is 0 Å². The first-order valence-corrected chi connectivity index (χ1v) is 4.11. The maximum Gasteiger partial charge on any atom is 0.216 e. The monoisotopic (exact) mass is 168 g/mol. The second-order valence-corrected chi connectivity index (χ2v) is 3.94. The molecule has 3 N–H and O–H groups in total. The van der Waals surface area contributed by atoms with Gasteiger partial charge in [0.25, 0.3) is 0 Å². The molecule has 0 bridgehead atoms. The van der Waals surface area contributed by atoms with E-state index in [9.17, 15) is 0 Å². The Morgan fingerprint density at radius 1 is 1.58 bits per heavy atom. The molecule has 1 aliphatic heterocycles. The minimum absolute atomic E-state index is 0.0691. The fourth-order valence-corrected chi connectivity index (χ4v) is 1.08. The maximum atomic E-state index is 5.46. The summed E-state index contributed by atoms with van der Waals surface area (Å²) in [5.74, 6) is 0.364. The van der Waals surface area contributed by atoms with E-state index in [1.54, 1.807) is 6.21 Å². The lowest BCUT2D eigenvalue weighted by atomic mass is 10.1. The fraction of sp³-hybridized carbons (Fsp3) is 0.750. The van der Waals surface area contributed by atoms with Crippen molar-refractivity contribution in [1.29, 1.82) is 0 Å². The summed E-state index contributed by atoms with van der Waals surface area (Å²) in [4.78, 5) is 8.03. The number of rotatable bonds is 1. The molecule has 0 aromatic heterocycles. The number of nitrogens with one attached hydrogen (secondary N) is 1. The molecule has 1 aliphatic rings. The van der Waals surface area contributed by atoms with Crippen molar-refractivity contribution in [3.05, 3.63) is 0 Å². The molecular formula is C8H16N4. The van der Waals surface area contributed by atoms with E-state index in [2.05, 4.69) is 36.1 Å². The zero-order valence-electron chi connectivity index (χ0n) is 7.83. The molecule has 1 unspecified atom stereocenters. The highest BCUT2D eigenvalue weighted by molar-refractivity contribution is 5.88. The Bertz CT molecular complexity index is 212. The highest BCUT2D eigenvalue weighted by Gasteiger charge is 2.17. The van der Waals surface area contributed by atoms with Crippen LogP contribution in [0.2, 0.25) is 0 Å². The third kappa shape index (κ3) is 3.00. The van der Waals surface area contributed by atoms with Gasteiger partial charge in [-0.2, -0.15) is 0 Å². The van der Waals surface area contributed by atoms with Crippen molar-refractivity contribution in [2.24, 2.45) is 15.7 Å². The summed E-state index contributed by atoms with van der Waals surface area (Å²) >= 11 is 0. The Kier molecular flexibility index (Phi) is 2.47. The van der Waals surface area contributed by atoms with Gasteiger partial charge in [-0.3, -0.25) is 5.32 Å². The van der Waals surface area contributed by atoms with E-state index < -0.39 is 0 Å². The smallest absolute Gasteiger partial charge is 0.216 e. The summed E-state index contributed by atoms with van der Waals surface area (Å²) in [5.41, 5.74) is 5.53. The second-order valence-electron chi connectivity index (χ2n) is 3.94. The van der Waals surface area contributed by atoms with E-state index in [1.165, 1.54) is 0 Å². The first-order chi connectivity index (χ1) is 5.47. The third-order valence-electron chi connectivity index (χ3n) is 1.44. The minimum atomic E-state index is 0.0691. The van der Waals surface area contributed by atoms with Crippen molar-refractivity contribution in [2.75, 3.05) is 0 Å². The summed E-state index contributed by atoms with van der Waals surface area (Å²) in [6.45, 7) is 6.30. The molecule has 0 aromatic rings. The average molecular weight is 168 g/mol. The van der Waals surface area contributed by atoms with Gasteiger partial charge in [-0.1, -0.05) is 0 Å². The molecule has 0 saturated carbocycles. The summed E-state index contributed by atoms with van der Waals surface area (Å²) in [7, 11) is 0. The molecule has 0 fully saturated rings. The molecule has 1 rings (SSSR count). The molecular weight excluding hydrogens is 152 g/mol. The Balaban J connectivity index is 2.51. The van der Waals surface area contributed by atoms with Gasteiger partial charge in [0.1, 0.15) is 6.17 Å². The van der Waals surface area contributed by atoms with Crippen LogP contribution in [0.5, 0.6) is 0 Å². The number of guanidine groups is 1. The molecule has 0 aliphatic carbocycles. The molecule has 0 radical (unpaired) electrons. The largest absolute Gasteiger partial charge is 0.368 e. The molecule has 0 aromatic carbocycles. The SMILES string of the molecule is CC(C)(C)NC1CC=NC(N)=N1. The Labute approximate surface area is 73.0 Å². The van der Waals surface area contributed by atoms with Crippen LogP contribution in [0, 0.1) is 0 Å². The molecule has 0 amide bonds. The predicted molar refractivity (Wildman–Crippen MR) is 51.4 cm³/mol. The molecule has 4 nitrogen and oxygen atoms in total. The van der Waals surface area contributed by atoms with Gasteiger partial charge >= 0.3 is 0 Å². The first-order valence-electron chi connectivity index (χ1n) is 4.11. The van der Waals surface area contributed by atoms with E-state index in [4.69, 9.17) is 5.73 Å². The predicted octanol–water partition coefficient (Wildman–Crippen LogP) is 0.490. The van der Waals surface area contributed by atoms with E-state index >= 15 is 0 Å². The quantitative estimate of drug-likeness (QED) is 0.598. The van der Waals surface area contributed by atoms with Gasteiger partial charge in [-0.25, -0.2) is 9.98 Å². The Morgan fingerprint density at radius 2 is 2.25 bits per heavy atom. The lowest BCUT2D eigenvalue weighted by Gasteiger charge is -2.26. The summed E-state index contributed by atoms with van der Waals surface area (Å²) in [6.07, 6.45) is 2.70. The molecule has 4 heteroatoms. The van der Waals surface area contributed by atoms with Crippen LogP contribution in [0.4, 0.5) is 0 Å². The van der Waals surface area contributed by atoms with Crippen molar-refractivity contribution < 1.29 is 0 Å². The van der Waals surface area contributed by atoms with Crippen LogP contribution in [0.3, 0.4) is 0 Å². The lowest BCUT2D eigenvalue weighted by Crippen LogP contribution is -2.44. The van der Waals surface area contributed by atoms with Gasteiger partial charge in [0, 0.05) is 18.2 Å². The molecule has 12 heavy (non-hydrogen) atoms. The second kappa shape index (κ2) is 3.23. The van der Waals surface area contributed by atoms with Crippen LogP contribution < -0.4 is 11.1 Å². The van der Waals surface area contributed by atoms with Gasteiger partial charge < -0.3 is 5.73 Å². The highest BCUT2D eigenvalue weighted by atomic mass is 15.2. The Morgan fingerprint density at radius 3 is 2.75 bits per heavy atom. The van der Waals surface area contributed by atoms with Crippen molar-refractivity contribution in [3.8, 4) is 0 Å². The van der Waals surface area contributed by atoms with Crippen LogP contribution >= 0.6 is 0 Å². The standard InChI is InChI=1S/C8H16N4/c1-8(2,3)12-6-4-5-10-7(9)11-6/h5-6,12H,4H2,1-3H3,(H2,9,11). The van der Waals surface area contributed by atoms with Crippen LogP contribution in [0.25, 0.3) is 0 Å². The first kappa shape index (κ1) is 9.19. The number of hydrogen-bond acceptors (Lipinski definition) is 4. The normalized spacial score (nSPS) is 23.9. The molecule has 0 spiro atoms. The number of nitrogens with two attached hydrogens (primary N) is 1. The minimum Gasteiger partial charge on any atom is -0.368 e. The fourth-order valence-electron chi connectivity index (χ4n) is 1.08. The molecule has 1 atom stereocenters. The summed E-state index contributed by atoms with van der Waals surface area (Å²) < 4.78 is 0.